The second kappa shape index (κ2) is 7.66. The molecular weight excluding hydrogens is 306 g/mol. The molecule has 1 heterocycles. The molecule has 1 N–H and O–H groups in total. The molecule has 0 spiro atoms. The average molecular weight is 333 g/mol. The normalized spacial score (nSPS) is 11.0. The first kappa shape index (κ1) is 17.4. The molecule has 25 heavy (non-hydrogen) atoms. The number of aryl methyl sites for hydroxylation is 3. The predicted octanol–water partition coefficient (Wildman–Crippen LogP) is 4.45. The molecule has 0 aliphatic heterocycles. The fourth-order valence-corrected chi connectivity index (χ4v) is 3.27. The lowest BCUT2D eigenvalue weighted by Gasteiger charge is -2.10. The number of hydrogen-bond donors (Lipinski definition) is 1. The van der Waals surface area contributed by atoms with Gasteiger partial charge in [0.2, 0.25) is 0 Å². The van der Waals surface area contributed by atoms with E-state index in [2.05, 4.69) is 80.2 Å². The lowest BCUT2D eigenvalue weighted by molar-refractivity contribution is 0.652. The molecule has 0 aliphatic rings. The Morgan fingerprint density at radius 1 is 0.920 bits per heavy atom. The van der Waals surface area contributed by atoms with Crippen molar-refractivity contribution in [2.24, 2.45) is 0 Å². The lowest BCUT2D eigenvalue weighted by Crippen LogP contribution is -2.15. The molecule has 0 radical (unpaired) electrons. The summed E-state index contributed by atoms with van der Waals surface area (Å²) < 4.78 is 2.11. The quantitative estimate of drug-likeness (QED) is 0.722. The van der Waals surface area contributed by atoms with Gasteiger partial charge in [-0.1, -0.05) is 54.1 Å². The SMILES string of the molecule is Cc1ccc(CNCc2c(C)nn(Cc3ccccc3)c2C)c(C)c1. The van der Waals surface area contributed by atoms with Crippen LogP contribution in [0.5, 0.6) is 0 Å². The molecule has 3 heteroatoms. The molecule has 0 fully saturated rings. The summed E-state index contributed by atoms with van der Waals surface area (Å²) in [5.74, 6) is 0. The van der Waals surface area contributed by atoms with E-state index in [-0.39, 0.29) is 0 Å². The summed E-state index contributed by atoms with van der Waals surface area (Å²) in [5.41, 5.74) is 8.97. The topological polar surface area (TPSA) is 29.9 Å². The van der Waals surface area contributed by atoms with Crippen LogP contribution in [0, 0.1) is 27.7 Å². The van der Waals surface area contributed by atoms with Crippen molar-refractivity contribution in [1.29, 1.82) is 0 Å². The molecule has 130 valence electrons. The largest absolute Gasteiger partial charge is 0.308 e. The third-order valence-electron chi connectivity index (χ3n) is 4.82. The Morgan fingerprint density at radius 2 is 1.68 bits per heavy atom. The van der Waals surface area contributed by atoms with Crippen molar-refractivity contribution in [1.82, 2.24) is 15.1 Å². The molecule has 0 unspecified atom stereocenters. The number of nitrogens with zero attached hydrogens (tertiary/aromatic N) is 2. The molecule has 0 atom stereocenters. The predicted molar refractivity (Wildman–Crippen MR) is 104 cm³/mol. The second-order valence-electron chi connectivity index (χ2n) is 6.83. The molecule has 0 aliphatic carbocycles. The van der Waals surface area contributed by atoms with E-state index in [1.165, 1.54) is 33.5 Å². The summed E-state index contributed by atoms with van der Waals surface area (Å²) >= 11 is 0. The smallest absolute Gasteiger partial charge is 0.0662 e. The van der Waals surface area contributed by atoms with Crippen LogP contribution in [0.1, 0.15) is 39.2 Å². The van der Waals surface area contributed by atoms with Crippen LogP contribution in [0.3, 0.4) is 0 Å². The highest BCUT2D eigenvalue weighted by Gasteiger charge is 2.11. The van der Waals surface area contributed by atoms with E-state index in [1.54, 1.807) is 0 Å². The minimum Gasteiger partial charge on any atom is -0.308 e. The molecule has 3 aromatic rings. The monoisotopic (exact) mass is 333 g/mol. The van der Waals surface area contributed by atoms with Gasteiger partial charge in [-0.2, -0.15) is 5.10 Å². The number of rotatable bonds is 6. The first-order chi connectivity index (χ1) is 12.0. The Kier molecular flexibility index (Phi) is 5.34. The van der Waals surface area contributed by atoms with Gasteiger partial charge in [-0.15, -0.1) is 0 Å². The summed E-state index contributed by atoms with van der Waals surface area (Å²) in [7, 11) is 0. The number of aromatic nitrogens is 2. The van der Waals surface area contributed by atoms with Crippen LogP contribution < -0.4 is 5.32 Å². The summed E-state index contributed by atoms with van der Waals surface area (Å²) in [5, 5.41) is 8.32. The van der Waals surface area contributed by atoms with Crippen molar-refractivity contribution in [3.05, 3.63) is 87.7 Å². The lowest BCUT2D eigenvalue weighted by atomic mass is 10.1. The van der Waals surface area contributed by atoms with Crippen LogP contribution in [0.2, 0.25) is 0 Å². The standard InChI is InChI=1S/C22H27N3/c1-16-10-11-21(17(2)12-16)13-23-14-22-18(3)24-25(19(22)4)15-20-8-6-5-7-9-20/h5-12,23H,13-15H2,1-4H3. The molecule has 2 aromatic carbocycles. The average Bonchev–Trinajstić information content (AvgIpc) is 2.85. The Hall–Kier alpha value is -2.39. The minimum absolute atomic E-state index is 0.824. The highest BCUT2D eigenvalue weighted by molar-refractivity contribution is 5.31. The zero-order valence-electron chi connectivity index (χ0n) is 15.6. The van der Waals surface area contributed by atoms with E-state index < -0.39 is 0 Å². The second-order valence-corrected chi connectivity index (χ2v) is 6.83. The van der Waals surface area contributed by atoms with Gasteiger partial charge in [0.25, 0.3) is 0 Å². The summed E-state index contributed by atoms with van der Waals surface area (Å²) in [6.07, 6.45) is 0. The van der Waals surface area contributed by atoms with Crippen LogP contribution in [-0.4, -0.2) is 9.78 Å². The molecule has 0 bridgehead atoms. The molecule has 0 saturated carbocycles. The van der Waals surface area contributed by atoms with E-state index in [0.717, 1.165) is 25.3 Å². The van der Waals surface area contributed by atoms with Crippen molar-refractivity contribution in [2.75, 3.05) is 0 Å². The van der Waals surface area contributed by atoms with Crippen LogP contribution in [0.15, 0.2) is 48.5 Å². The highest BCUT2D eigenvalue weighted by Crippen LogP contribution is 2.16. The Morgan fingerprint density at radius 3 is 2.40 bits per heavy atom. The molecule has 3 rings (SSSR count). The van der Waals surface area contributed by atoms with E-state index in [4.69, 9.17) is 5.10 Å². The van der Waals surface area contributed by atoms with Crippen molar-refractivity contribution < 1.29 is 0 Å². The third-order valence-corrected chi connectivity index (χ3v) is 4.82. The van der Waals surface area contributed by atoms with Gasteiger partial charge in [-0.25, -0.2) is 0 Å². The van der Waals surface area contributed by atoms with Gasteiger partial charge >= 0.3 is 0 Å². The highest BCUT2D eigenvalue weighted by atomic mass is 15.3. The maximum Gasteiger partial charge on any atom is 0.0662 e. The zero-order valence-corrected chi connectivity index (χ0v) is 15.6. The van der Waals surface area contributed by atoms with Crippen LogP contribution in [0.25, 0.3) is 0 Å². The molecule has 0 amide bonds. The van der Waals surface area contributed by atoms with Crippen LogP contribution in [-0.2, 0) is 19.6 Å². The van der Waals surface area contributed by atoms with Crippen molar-refractivity contribution in [3.8, 4) is 0 Å². The van der Waals surface area contributed by atoms with E-state index in [1.807, 2.05) is 6.07 Å². The Bertz CT molecular complexity index is 847. The van der Waals surface area contributed by atoms with Crippen LogP contribution >= 0.6 is 0 Å². The van der Waals surface area contributed by atoms with Crippen LogP contribution in [0.4, 0.5) is 0 Å². The van der Waals surface area contributed by atoms with E-state index in [9.17, 15) is 0 Å². The minimum atomic E-state index is 0.824. The zero-order chi connectivity index (χ0) is 17.8. The van der Waals surface area contributed by atoms with Gasteiger partial charge in [0.05, 0.1) is 12.2 Å². The molecule has 1 aromatic heterocycles. The maximum atomic E-state index is 4.74. The molecule has 3 nitrogen and oxygen atoms in total. The number of benzene rings is 2. The fourth-order valence-electron chi connectivity index (χ4n) is 3.27. The van der Waals surface area contributed by atoms with Crippen molar-refractivity contribution in [3.63, 3.8) is 0 Å². The number of nitrogens with one attached hydrogen (secondary N) is 1. The summed E-state index contributed by atoms with van der Waals surface area (Å²) in [4.78, 5) is 0. The van der Waals surface area contributed by atoms with E-state index >= 15 is 0 Å². The number of hydrogen-bond acceptors (Lipinski definition) is 2. The maximum absolute atomic E-state index is 4.74. The van der Waals surface area contributed by atoms with Gasteiger partial charge in [-0.05, 0) is 44.4 Å². The van der Waals surface area contributed by atoms with Gasteiger partial charge < -0.3 is 5.32 Å². The van der Waals surface area contributed by atoms with Gasteiger partial charge in [0, 0.05) is 24.3 Å². The van der Waals surface area contributed by atoms with Crippen molar-refractivity contribution in [2.45, 2.75) is 47.3 Å². The van der Waals surface area contributed by atoms with Gasteiger partial charge in [-0.3, -0.25) is 4.68 Å². The third kappa shape index (κ3) is 4.18. The first-order valence-electron chi connectivity index (χ1n) is 8.88. The first-order valence-corrected chi connectivity index (χ1v) is 8.88. The Labute approximate surface area is 150 Å². The van der Waals surface area contributed by atoms with Crippen molar-refractivity contribution >= 4 is 0 Å². The summed E-state index contributed by atoms with van der Waals surface area (Å²) in [6.45, 7) is 11.1. The van der Waals surface area contributed by atoms with Gasteiger partial charge in [0.1, 0.15) is 0 Å². The molecule has 0 saturated heterocycles. The van der Waals surface area contributed by atoms with Gasteiger partial charge in [0.15, 0.2) is 0 Å². The Balaban J connectivity index is 1.66. The summed E-state index contributed by atoms with van der Waals surface area (Å²) in [6, 6.07) is 17.1. The molecular formula is C22H27N3. The fraction of sp³-hybridized carbons (Fsp3) is 0.318. The van der Waals surface area contributed by atoms with E-state index in [0.29, 0.717) is 0 Å².